The Balaban J connectivity index is 0.00000161. The zero-order valence-electron chi connectivity index (χ0n) is 11.3. The van der Waals surface area contributed by atoms with Crippen molar-refractivity contribution < 1.29 is 27.8 Å². The van der Waals surface area contributed by atoms with E-state index in [1.807, 2.05) is 13.8 Å². The fraction of sp³-hybridized carbons (Fsp3) is 0.462. The van der Waals surface area contributed by atoms with E-state index >= 15 is 0 Å². The molecule has 1 atom stereocenters. The third-order valence-electron chi connectivity index (χ3n) is 3.39. The maximum atomic E-state index is 13.2. The Morgan fingerprint density at radius 1 is 1.29 bits per heavy atom. The summed E-state index contributed by atoms with van der Waals surface area (Å²) in [6, 6.07) is 4.10. The molecule has 3 rings (SSSR count). The number of cyclic esters (lactones) is 1. The summed E-state index contributed by atoms with van der Waals surface area (Å²) in [6.07, 6.45) is -4.27. The van der Waals surface area contributed by atoms with Gasteiger partial charge in [-0.1, -0.05) is 26.0 Å². The van der Waals surface area contributed by atoms with Gasteiger partial charge in [0.1, 0.15) is 6.61 Å². The highest BCUT2D eigenvalue weighted by Crippen LogP contribution is 2.48. The molecule has 0 saturated carbocycles. The third-order valence-corrected chi connectivity index (χ3v) is 3.39. The number of carbonyl (C=O) groups excluding carboxylic acids is 1. The van der Waals surface area contributed by atoms with Gasteiger partial charge < -0.3 is 19.5 Å². The highest BCUT2D eigenvalue weighted by molar-refractivity contribution is 5.85. The fourth-order valence-electron chi connectivity index (χ4n) is 2.41. The predicted octanol–water partition coefficient (Wildman–Crippen LogP) is 3.24. The van der Waals surface area contributed by atoms with Crippen LogP contribution in [0.25, 0.3) is 0 Å². The summed E-state index contributed by atoms with van der Waals surface area (Å²) in [6.45, 7) is 3.92. The number of nitrogens with one attached hydrogen (secondary N) is 1. The minimum absolute atomic E-state index is 0. The number of halogens is 3. The molecule has 8 heteroatoms. The minimum atomic E-state index is -3.68. The first-order chi connectivity index (χ1) is 9.28. The van der Waals surface area contributed by atoms with Crippen LogP contribution in [0.5, 0.6) is 11.5 Å². The van der Waals surface area contributed by atoms with Crippen LogP contribution in [-0.2, 0) is 4.74 Å². The molecule has 1 fully saturated rings. The Bertz CT molecular complexity index is 579. The second kappa shape index (κ2) is 4.91. The molecule has 1 saturated heterocycles. The van der Waals surface area contributed by atoms with Crippen LogP contribution in [0.15, 0.2) is 18.2 Å². The van der Waals surface area contributed by atoms with Crippen molar-refractivity contribution in [2.75, 3.05) is 6.61 Å². The number of carbonyl (C=O) groups is 1. The van der Waals surface area contributed by atoms with Crippen LogP contribution in [0.2, 0.25) is 0 Å². The molecule has 1 aromatic rings. The van der Waals surface area contributed by atoms with E-state index in [9.17, 15) is 13.6 Å². The molecule has 1 amide bonds. The van der Waals surface area contributed by atoms with E-state index in [1.54, 1.807) is 12.1 Å². The zero-order valence-corrected chi connectivity index (χ0v) is 12.1. The summed E-state index contributed by atoms with van der Waals surface area (Å²) in [4.78, 5) is 11.4. The molecule has 5 nitrogen and oxygen atoms in total. The summed E-state index contributed by atoms with van der Waals surface area (Å²) in [5.74, 6) is -0.0817. The molecule has 0 unspecified atom stereocenters. The van der Waals surface area contributed by atoms with E-state index in [-0.39, 0.29) is 30.5 Å². The Kier molecular flexibility index (Phi) is 3.65. The average molecular weight is 322 g/mol. The highest BCUT2D eigenvalue weighted by atomic mass is 35.5. The van der Waals surface area contributed by atoms with Crippen LogP contribution in [0.1, 0.15) is 25.5 Å². The standard InChI is InChI=1S/C13H13F2NO4.ClH/c1-12(2)6-18-11(17)16-10(12)7-4-3-5-8-9(7)20-13(14,15)19-8;/h3-5,10H,6H2,1-2H3,(H,16,17);1H/t10-;/m1./s1. The number of rotatable bonds is 1. The number of alkyl halides is 2. The van der Waals surface area contributed by atoms with Gasteiger partial charge in [-0.05, 0) is 6.07 Å². The SMILES string of the molecule is CC1(C)COC(=O)N[C@@H]1c1cccc2c1OC(F)(F)O2.Cl. The first-order valence-electron chi connectivity index (χ1n) is 6.10. The van der Waals surface area contributed by atoms with Crippen molar-refractivity contribution in [1.29, 1.82) is 0 Å². The number of hydrogen-bond donors (Lipinski definition) is 1. The number of hydrogen-bond acceptors (Lipinski definition) is 4. The Morgan fingerprint density at radius 3 is 2.71 bits per heavy atom. The smallest absolute Gasteiger partial charge is 0.449 e. The number of fused-ring (bicyclic) bond motifs is 1. The summed E-state index contributed by atoms with van der Waals surface area (Å²) < 4.78 is 40.3. The molecule has 2 heterocycles. The van der Waals surface area contributed by atoms with E-state index in [1.165, 1.54) is 6.07 Å². The fourth-order valence-corrected chi connectivity index (χ4v) is 2.41. The third kappa shape index (κ3) is 2.70. The zero-order chi connectivity index (χ0) is 14.5. The van der Waals surface area contributed by atoms with Gasteiger partial charge in [-0.25, -0.2) is 4.79 Å². The molecule has 116 valence electrons. The molecule has 0 bridgehead atoms. The second-order valence-electron chi connectivity index (χ2n) is 5.48. The lowest BCUT2D eigenvalue weighted by Gasteiger charge is -2.38. The van der Waals surface area contributed by atoms with E-state index in [0.717, 1.165) is 0 Å². The molecule has 1 aromatic carbocycles. The first-order valence-corrected chi connectivity index (χ1v) is 6.10. The number of benzene rings is 1. The van der Waals surface area contributed by atoms with Gasteiger partial charge in [0.2, 0.25) is 0 Å². The van der Waals surface area contributed by atoms with E-state index in [0.29, 0.717) is 5.56 Å². The highest BCUT2D eigenvalue weighted by Gasteiger charge is 2.47. The van der Waals surface area contributed by atoms with E-state index in [2.05, 4.69) is 14.8 Å². The molecule has 2 aliphatic heterocycles. The Morgan fingerprint density at radius 2 is 2.00 bits per heavy atom. The van der Waals surface area contributed by atoms with Crippen LogP contribution in [0.3, 0.4) is 0 Å². The summed E-state index contributed by atoms with van der Waals surface area (Å²) in [5, 5.41) is 2.64. The number of ether oxygens (including phenoxy) is 3. The lowest BCUT2D eigenvalue weighted by Crippen LogP contribution is -2.47. The first kappa shape index (κ1) is 15.6. The van der Waals surface area contributed by atoms with Crippen molar-refractivity contribution in [2.24, 2.45) is 5.41 Å². The lowest BCUT2D eigenvalue weighted by atomic mass is 9.80. The molecule has 0 aromatic heterocycles. The topological polar surface area (TPSA) is 56.8 Å². The predicted molar refractivity (Wildman–Crippen MR) is 70.9 cm³/mol. The van der Waals surface area contributed by atoms with Crippen molar-refractivity contribution in [3.63, 3.8) is 0 Å². The van der Waals surface area contributed by atoms with Crippen LogP contribution in [0, 0.1) is 5.41 Å². The van der Waals surface area contributed by atoms with Crippen LogP contribution < -0.4 is 14.8 Å². The van der Waals surface area contributed by atoms with E-state index < -0.39 is 23.8 Å². The number of para-hydroxylation sites is 1. The van der Waals surface area contributed by atoms with Crippen LogP contribution >= 0.6 is 12.4 Å². The van der Waals surface area contributed by atoms with Crippen LogP contribution in [0.4, 0.5) is 13.6 Å². The average Bonchev–Trinajstić information content (AvgIpc) is 2.66. The molecule has 0 radical (unpaired) electrons. The van der Waals surface area contributed by atoms with Crippen molar-refractivity contribution in [3.05, 3.63) is 23.8 Å². The molecular formula is C13H14ClF2NO4. The number of amides is 1. The molecular weight excluding hydrogens is 308 g/mol. The maximum absolute atomic E-state index is 13.2. The Hall–Kier alpha value is -1.76. The number of alkyl carbamates (subject to hydrolysis) is 1. The van der Waals surface area contributed by atoms with Gasteiger partial charge in [-0.15, -0.1) is 21.2 Å². The second-order valence-corrected chi connectivity index (χ2v) is 5.48. The van der Waals surface area contributed by atoms with Gasteiger partial charge >= 0.3 is 12.4 Å². The van der Waals surface area contributed by atoms with Gasteiger partial charge in [0.15, 0.2) is 11.5 Å². The Labute approximate surface area is 126 Å². The molecule has 21 heavy (non-hydrogen) atoms. The monoisotopic (exact) mass is 321 g/mol. The maximum Gasteiger partial charge on any atom is 0.586 e. The van der Waals surface area contributed by atoms with Crippen molar-refractivity contribution >= 4 is 18.5 Å². The van der Waals surface area contributed by atoms with Crippen molar-refractivity contribution in [3.8, 4) is 11.5 Å². The summed E-state index contributed by atoms with van der Waals surface area (Å²) in [7, 11) is 0. The quantitative estimate of drug-likeness (QED) is 0.862. The van der Waals surface area contributed by atoms with Crippen LogP contribution in [-0.4, -0.2) is 19.0 Å². The van der Waals surface area contributed by atoms with Crippen molar-refractivity contribution in [1.82, 2.24) is 5.32 Å². The van der Waals surface area contributed by atoms with Gasteiger partial charge in [-0.2, -0.15) is 0 Å². The largest absolute Gasteiger partial charge is 0.586 e. The van der Waals surface area contributed by atoms with Gasteiger partial charge in [0.25, 0.3) is 0 Å². The minimum Gasteiger partial charge on any atom is -0.449 e. The van der Waals surface area contributed by atoms with Crippen molar-refractivity contribution in [2.45, 2.75) is 26.2 Å². The van der Waals surface area contributed by atoms with E-state index in [4.69, 9.17) is 4.74 Å². The molecule has 0 spiro atoms. The van der Waals surface area contributed by atoms with Gasteiger partial charge in [-0.3, -0.25) is 0 Å². The molecule has 0 aliphatic carbocycles. The van der Waals surface area contributed by atoms with Gasteiger partial charge in [0.05, 0.1) is 6.04 Å². The molecule has 1 N–H and O–H groups in total. The summed E-state index contributed by atoms with van der Waals surface area (Å²) >= 11 is 0. The molecule has 2 aliphatic rings. The van der Waals surface area contributed by atoms with Gasteiger partial charge in [0, 0.05) is 11.0 Å². The normalized spacial score (nSPS) is 24.6. The lowest BCUT2D eigenvalue weighted by molar-refractivity contribution is -0.287. The summed E-state index contributed by atoms with van der Waals surface area (Å²) in [5.41, 5.74) is -0.0223.